The highest BCUT2D eigenvalue weighted by molar-refractivity contribution is 7.17. The number of carbonyl (C=O) groups excluding carboxylic acids is 1. The summed E-state index contributed by atoms with van der Waals surface area (Å²) in [5, 5.41) is 2.32. The van der Waals surface area contributed by atoms with Crippen LogP contribution >= 0.6 is 11.3 Å². The molecule has 0 saturated carbocycles. The van der Waals surface area contributed by atoms with Crippen molar-refractivity contribution in [1.82, 2.24) is 4.57 Å². The molecule has 96 valence electrons. The van der Waals surface area contributed by atoms with E-state index in [1.54, 1.807) is 14.0 Å². The van der Waals surface area contributed by atoms with Crippen LogP contribution < -0.4 is 10.2 Å². The number of rotatable bonds is 2. The van der Waals surface area contributed by atoms with Crippen molar-refractivity contribution in [3.63, 3.8) is 0 Å². The fourth-order valence-corrected chi connectivity index (χ4v) is 2.52. The maximum Gasteiger partial charge on any atom is 0.411 e. The molecule has 18 heavy (non-hydrogen) atoms. The van der Waals surface area contributed by atoms with Gasteiger partial charge in [0.05, 0.1) is 22.5 Å². The molecule has 2 rings (SSSR count). The Morgan fingerprint density at radius 3 is 2.94 bits per heavy atom. The minimum atomic E-state index is -0.743. The third kappa shape index (κ3) is 2.08. The van der Waals surface area contributed by atoms with Crippen LogP contribution in [0.4, 0.5) is 14.9 Å². The Bertz CT molecular complexity index is 662. The van der Waals surface area contributed by atoms with Gasteiger partial charge in [0.1, 0.15) is 5.82 Å². The maximum absolute atomic E-state index is 13.7. The lowest BCUT2D eigenvalue weighted by molar-refractivity contribution is 0.168. The van der Waals surface area contributed by atoms with E-state index in [0.717, 1.165) is 11.3 Å². The smallest absolute Gasteiger partial charge is 0.411 e. The van der Waals surface area contributed by atoms with Gasteiger partial charge in [0, 0.05) is 7.05 Å². The number of halogens is 1. The van der Waals surface area contributed by atoms with Crippen LogP contribution in [-0.2, 0) is 11.8 Å². The highest BCUT2D eigenvalue weighted by Crippen LogP contribution is 2.28. The van der Waals surface area contributed by atoms with Crippen LogP contribution in [0.2, 0.25) is 0 Å². The Labute approximate surface area is 106 Å². The van der Waals surface area contributed by atoms with Crippen LogP contribution in [-0.4, -0.2) is 17.3 Å². The highest BCUT2D eigenvalue weighted by Gasteiger charge is 2.15. The normalized spacial score (nSPS) is 10.6. The predicted molar refractivity (Wildman–Crippen MR) is 67.7 cm³/mol. The Morgan fingerprint density at radius 2 is 2.28 bits per heavy atom. The minimum Gasteiger partial charge on any atom is -0.450 e. The van der Waals surface area contributed by atoms with E-state index in [0.29, 0.717) is 10.2 Å². The Hall–Kier alpha value is -1.89. The number of carbonyl (C=O) groups is 1. The molecule has 0 unspecified atom stereocenters. The van der Waals surface area contributed by atoms with Gasteiger partial charge in [-0.15, -0.1) is 0 Å². The number of anilines is 1. The number of nitrogens with zero attached hydrogens (tertiary/aromatic N) is 1. The summed E-state index contributed by atoms with van der Waals surface area (Å²) < 4.78 is 20.2. The van der Waals surface area contributed by atoms with Gasteiger partial charge in [-0.25, -0.2) is 9.18 Å². The molecular weight excluding hydrogens is 259 g/mol. The van der Waals surface area contributed by atoms with Crippen LogP contribution in [0.3, 0.4) is 0 Å². The number of aromatic nitrogens is 1. The molecule has 5 nitrogen and oxygen atoms in total. The summed E-state index contributed by atoms with van der Waals surface area (Å²) in [7, 11) is 1.59. The summed E-state index contributed by atoms with van der Waals surface area (Å²) in [5.41, 5.74) is 0.548. The number of hydrogen-bond acceptors (Lipinski definition) is 4. The molecule has 1 N–H and O–H groups in total. The van der Waals surface area contributed by atoms with E-state index in [1.165, 1.54) is 16.7 Å². The van der Waals surface area contributed by atoms with Gasteiger partial charge in [0.15, 0.2) is 0 Å². The van der Waals surface area contributed by atoms with Crippen molar-refractivity contribution < 1.29 is 13.9 Å². The third-order valence-corrected chi connectivity index (χ3v) is 3.48. The van der Waals surface area contributed by atoms with E-state index in [1.807, 2.05) is 0 Å². The van der Waals surface area contributed by atoms with Crippen molar-refractivity contribution in [2.24, 2.45) is 7.05 Å². The average molecular weight is 270 g/mol. The van der Waals surface area contributed by atoms with Crippen molar-refractivity contribution in [2.45, 2.75) is 6.92 Å². The summed E-state index contributed by atoms with van der Waals surface area (Å²) in [6.45, 7) is 1.84. The second-order valence-corrected chi connectivity index (χ2v) is 4.50. The number of benzene rings is 1. The fourth-order valence-electron chi connectivity index (χ4n) is 1.55. The number of nitrogens with one attached hydrogen (secondary N) is 1. The van der Waals surface area contributed by atoms with E-state index < -0.39 is 11.9 Å². The molecule has 1 aromatic carbocycles. The molecule has 0 radical (unpaired) electrons. The average Bonchev–Trinajstić information content (AvgIpc) is 2.60. The van der Waals surface area contributed by atoms with Crippen LogP contribution in [0.5, 0.6) is 0 Å². The zero-order valence-electron chi connectivity index (χ0n) is 9.82. The SMILES string of the molecule is CCOC(=O)Nc1c(F)ccc2c1sc(=O)n2C. The van der Waals surface area contributed by atoms with Gasteiger partial charge in [-0.2, -0.15) is 0 Å². The van der Waals surface area contributed by atoms with Crippen molar-refractivity contribution in [3.05, 3.63) is 27.6 Å². The molecule has 0 saturated heterocycles. The maximum atomic E-state index is 13.7. The van der Waals surface area contributed by atoms with Gasteiger partial charge < -0.3 is 9.30 Å². The summed E-state index contributed by atoms with van der Waals surface area (Å²) in [5.74, 6) is -0.600. The van der Waals surface area contributed by atoms with Crippen molar-refractivity contribution in [2.75, 3.05) is 11.9 Å². The highest BCUT2D eigenvalue weighted by atomic mass is 32.1. The van der Waals surface area contributed by atoms with Gasteiger partial charge in [-0.05, 0) is 19.1 Å². The molecule has 7 heteroatoms. The molecule has 0 spiro atoms. The van der Waals surface area contributed by atoms with Crippen molar-refractivity contribution in [3.8, 4) is 0 Å². The van der Waals surface area contributed by atoms with Crippen molar-refractivity contribution >= 4 is 33.3 Å². The zero-order valence-corrected chi connectivity index (χ0v) is 10.6. The van der Waals surface area contributed by atoms with Crippen LogP contribution in [0.1, 0.15) is 6.92 Å². The molecule has 0 atom stereocenters. The second kappa shape index (κ2) is 4.77. The number of aryl methyl sites for hydroxylation is 1. The standard InChI is InChI=1S/C11H11FN2O3S/c1-3-17-10(15)13-8-6(12)4-5-7-9(8)18-11(16)14(7)2/h4-5H,3H2,1-2H3,(H,13,15). The van der Waals surface area contributed by atoms with E-state index >= 15 is 0 Å². The van der Waals surface area contributed by atoms with Crippen molar-refractivity contribution in [1.29, 1.82) is 0 Å². The number of thiazole rings is 1. The second-order valence-electron chi connectivity index (χ2n) is 3.54. The Balaban J connectivity index is 2.55. The number of fused-ring (bicyclic) bond motifs is 1. The fraction of sp³-hybridized carbons (Fsp3) is 0.273. The van der Waals surface area contributed by atoms with Gasteiger partial charge in [-0.3, -0.25) is 10.1 Å². The van der Waals surface area contributed by atoms with Gasteiger partial charge in [0.2, 0.25) is 0 Å². The van der Waals surface area contributed by atoms with Gasteiger partial charge in [0.25, 0.3) is 0 Å². The monoisotopic (exact) mass is 270 g/mol. The minimum absolute atomic E-state index is 0.0198. The first-order chi connectivity index (χ1) is 8.54. The lowest BCUT2D eigenvalue weighted by Crippen LogP contribution is -2.14. The summed E-state index contributed by atoms with van der Waals surface area (Å²) in [6.07, 6.45) is -0.743. The predicted octanol–water partition coefficient (Wildman–Crippen LogP) is 2.31. The summed E-state index contributed by atoms with van der Waals surface area (Å²) in [4.78, 5) is 22.6. The summed E-state index contributed by atoms with van der Waals surface area (Å²) in [6, 6.07) is 2.70. The molecule has 0 bridgehead atoms. The number of hydrogen-bond donors (Lipinski definition) is 1. The van der Waals surface area contributed by atoms with E-state index in [2.05, 4.69) is 10.1 Å². The number of amides is 1. The molecule has 0 aliphatic rings. The molecular formula is C11H11FN2O3S. The summed E-state index contributed by atoms with van der Waals surface area (Å²) >= 11 is 0.877. The van der Waals surface area contributed by atoms with Crippen LogP contribution in [0.25, 0.3) is 10.2 Å². The van der Waals surface area contributed by atoms with E-state index in [-0.39, 0.29) is 17.2 Å². The van der Waals surface area contributed by atoms with Crippen LogP contribution in [0.15, 0.2) is 16.9 Å². The molecule has 1 amide bonds. The first-order valence-corrected chi connectivity index (χ1v) is 6.08. The quantitative estimate of drug-likeness (QED) is 0.911. The first kappa shape index (κ1) is 12.6. The molecule has 0 aliphatic heterocycles. The van der Waals surface area contributed by atoms with E-state index in [9.17, 15) is 14.0 Å². The van der Waals surface area contributed by atoms with E-state index in [4.69, 9.17) is 0 Å². The molecule has 1 heterocycles. The Kier molecular flexibility index (Phi) is 3.33. The topological polar surface area (TPSA) is 60.3 Å². The zero-order chi connectivity index (χ0) is 13.3. The first-order valence-electron chi connectivity index (χ1n) is 5.26. The van der Waals surface area contributed by atoms with Gasteiger partial charge in [-0.1, -0.05) is 11.3 Å². The lowest BCUT2D eigenvalue weighted by Gasteiger charge is -2.07. The van der Waals surface area contributed by atoms with Gasteiger partial charge >= 0.3 is 11.0 Å². The van der Waals surface area contributed by atoms with Crippen LogP contribution in [0, 0.1) is 5.82 Å². The molecule has 0 fully saturated rings. The third-order valence-electron chi connectivity index (χ3n) is 2.41. The molecule has 0 aliphatic carbocycles. The lowest BCUT2D eigenvalue weighted by atomic mass is 10.3. The number of ether oxygens (including phenoxy) is 1. The Morgan fingerprint density at radius 1 is 1.56 bits per heavy atom. The molecule has 1 aromatic heterocycles. The molecule has 2 aromatic rings. The largest absolute Gasteiger partial charge is 0.450 e.